The number of aryl methyl sites for hydroxylation is 3. The number of hydrogen-bond acceptors (Lipinski definition) is 3. The van der Waals surface area contributed by atoms with Gasteiger partial charge in [-0.15, -0.1) is 0 Å². The summed E-state index contributed by atoms with van der Waals surface area (Å²) >= 11 is 0. The maximum Gasteiger partial charge on any atom is 0.150 e. The first-order valence-electron chi connectivity index (χ1n) is 5.39. The maximum absolute atomic E-state index is 11.1. The van der Waals surface area contributed by atoms with Crippen LogP contribution in [0.2, 0.25) is 0 Å². The van der Waals surface area contributed by atoms with Crippen LogP contribution in [-0.4, -0.2) is 16.1 Å². The highest BCUT2D eigenvalue weighted by molar-refractivity contribution is 5.87. The fraction of sp³-hybridized carbons (Fsp3) is 0.231. The third-order valence-electron chi connectivity index (χ3n) is 2.98. The van der Waals surface area contributed by atoms with Gasteiger partial charge in [-0.25, -0.2) is 0 Å². The average Bonchev–Trinajstić information content (AvgIpc) is 2.62. The van der Waals surface area contributed by atoms with Gasteiger partial charge in [0.25, 0.3) is 0 Å². The highest BCUT2D eigenvalue weighted by Crippen LogP contribution is 2.26. The predicted molar refractivity (Wildman–Crippen MR) is 67.9 cm³/mol. The summed E-state index contributed by atoms with van der Waals surface area (Å²) in [7, 11) is 1.78. The Balaban J connectivity index is 2.65. The van der Waals surface area contributed by atoms with Crippen LogP contribution in [0.3, 0.4) is 0 Å². The molecule has 0 atom stereocenters. The van der Waals surface area contributed by atoms with Gasteiger partial charge in [0.05, 0.1) is 5.69 Å². The molecule has 1 aromatic carbocycles. The Kier molecular flexibility index (Phi) is 2.71. The number of anilines is 1. The van der Waals surface area contributed by atoms with Crippen molar-refractivity contribution in [1.29, 1.82) is 0 Å². The number of aromatic nitrogens is 2. The Morgan fingerprint density at radius 2 is 1.88 bits per heavy atom. The Labute approximate surface area is 100 Å². The Morgan fingerprint density at radius 3 is 2.41 bits per heavy atom. The van der Waals surface area contributed by atoms with Crippen LogP contribution in [0.1, 0.15) is 21.5 Å². The Bertz CT molecular complexity index is 565. The Hall–Kier alpha value is -2.10. The molecule has 0 aliphatic heterocycles. The van der Waals surface area contributed by atoms with Crippen LogP contribution < -0.4 is 5.73 Å². The summed E-state index contributed by atoms with van der Waals surface area (Å²) in [5.41, 5.74) is 10.2. The first-order valence-corrected chi connectivity index (χ1v) is 5.39. The second kappa shape index (κ2) is 4.05. The van der Waals surface area contributed by atoms with E-state index in [4.69, 9.17) is 5.73 Å². The number of nitrogen functional groups attached to an aromatic ring is 1. The van der Waals surface area contributed by atoms with Crippen molar-refractivity contribution in [3.05, 3.63) is 34.9 Å². The molecule has 0 amide bonds. The molecule has 4 nitrogen and oxygen atoms in total. The van der Waals surface area contributed by atoms with E-state index in [1.807, 2.05) is 26.0 Å². The van der Waals surface area contributed by atoms with Crippen molar-refractivity contribution in [2.75, 3.05) is 5.73 Å². The molecule has 2 aromatic rings. The molecule has 17 heavy (non-hydrogen) atoms. The highest BCUT2D eigenvalue weighted by atomic mass is 16.1. The molecule has 0 unspecified atom stereocenters. The molecule has 2 rings (SSSR count). The predicted octanol–water partition coefficient (Wildman–Crippen LogP) is 2.10. The lowest BCUT2D eigenvalue weighted by Crippen LogP contribution is -1.97. The third kappa shape index (κ3) is 1.93. The standard InChI is InChI=1S/C13H15N3O/c1-8-4-10(7-17)11(5-9(8)2)12-6-13(14)16(3)15-12/h4-7H,14H2,1-3H3. The van der Waals surface area contributed by atoms with Crippen LogP contribution in [-0.2, 0) is 7.05 Å². The SMILES string of the molecule is Cc1cc(C=O)c(-c2cc(N)n(C)n2)cc1C. The summed E-state index contributed by atoms with van der Waals surface area (Å²) in [5, 5.41) is 4.29. The van der Waals surface area contributed by atoms with Crippen molar-refractivity contribution in [1.82, 2.24) is 9.78 Å². The lowest BCUT2D eigenvalue weighted by molar-refractivity contribution is 0.112. The van der Waals surface area contributed by atoms with Crippen LogP contribution in [0, 0.1) is 13.8 Å². The van der Waals surface area contributed by atoms with Crippen LogP contribution in [0.15, 0.2) is 18.2 Å². The minimum absolute atomic E-state index is 0.579. The summed E-state index contributed by atoms with van der Waals surface area (Å²) in [5.74, 6) is 0.579. The first-order chi connectivity index (χ1) is 8.02. The van der Waals surface area contributed by atoms with Crippen molar-refractivity contribution in [2.45, 2.75) is 13.8 Å². The number of nitrogens with zero attached hydrogens (tertiary/aromatic N) is 2. The number of nitrogens with two attached hydrogens (primary N) is 1. The van der Waals surface area contributed by atoms with E-state index in [0.29, 0.717) is 11.4 Å². The van der Waals surface area contributed by atoms with Gasteiger partial charge in [0.1, 0.15) is 5.82 Å². The maximum atomic E-state index is 11.1. The van der Waals surface area contributed by atoms with Gasteiger partial charge < -0.3 is 5.73 Å². The second-order valence-electron chi connectivity index (χ2n) is 4.22. The number of benzene rings is 1. The van der Waals surface area contributed by atoms with Gasteiger partial charge >= 0.3 is 0 Å². The van der Waals surface area contributed by atoms with Crippen molar-refractivity contribution < 1.29 is 4.79 Å². The molecule has 0 saturated heterocycles. The zero-order valence-electron chi connectivity index (χ0n) is 10.2. The smallest absolute Gasteiger partial charge is 0.150 e. The van der Waals surface area contributed by atoms with Gasteiger partial charge in [-0.05, 0) is 37.1 Å². The van der Waals surface area contributed by atoms with E-state index in [1.165, 1.54) is 0 Å². The van der Waals surface area contributed by atoms with Crippen molar-refractivity contribution in [3.8, 4) is 11.3 Å². The lowest BCUT2D eigenvalue weighted by Gasteiger charge is -2.06. The quantitative estimate of drug-likeness (QED) is 0.802. The van der Waals surface area contributed by atoms with E-state index in [0.717, 1.165) is 28.7 Å². The second-order valence-corrected chi connectivity index (χ2v) is 4.22. The van der Waals surface area contributed by atoms with E-state index in [-0.39, 0.29) is 0 Å². The van der Waals surface area contributed by atoms with Crippen LogP contribution in [0.25, 0.3) is 11.3 Å². The number of carbonyl (C=O) groups is 1. The molecule has 2 N–H and O–H groups in total. The molecule has 0 fully saturated rings. The van der Waals surface area contributed by atoms with Crippen LogP contribution in [0.5, 0.6) is 0 Å². The van der Waals surface area contributed by atoms with E-state index in [2.05, 4.69) is 5.10 Å². The largest absolute Gasteiger partial charge is 0.384 e. The fourth-order valence-corrected chi connectivity index (χ4v) is 1.77. The van der Waals surface area contributed by atoms with Gasteiger partial charge in [0.2, 0.25) is 0 Å². The molecule has 0 aliphatic carbocycles. The number of hydrogen-bond donors (Lipinski definition) is 1. The molecule has 0 saturated carbocycles. The van der Waals surface area contributed by atoms with E-state index in [9.17, 15) is 4.79 Å². The normalized spacial score (nSPS) is 10.5. The molecule has 0 aliphatic rings. The minimum atomic E-state index is 0.579. The van der Waals surface area contributed by atoms with Crippen molar-refractivity contribution in [3.63, 3.8) is 0 Å². The summed E-state index contributed by atoms with van der Waals surface area (Å²) in [6.07, 6.45) is 0.854. The molecular weight excluding hydrogens is 214 g/mol. The van der Waals surface area contributed by atoms with Gasteiger partial charge in [-0.1, -0.05) is 0 Å². The molecule has 1 aromatic heterocycles. The molecule has 1 heterocycles. The van der Waals surface area contributed by atoms with Crippen molar-refractivity contribution in [2.24, 2.45) is 7.05 Å². The van der Waals surface area contributed by atoms with Gasteiger partial charge in [0.15, 0.2) is 6.29 Å². The minimum Gasteiger partial charge on any atom is -0.384 e. The monoisotopic (exact) mass is 229 g/mol. The van der Waals surface area contributed by atoms with Gasteiger partial charge in [-0.3, -0.25) is 9.48 Å². The fourth-order valence-electron chi connectivity index (χ4n) is 1.77. The lowest BCUT2D eigenvalue weighted by atomic mass is 9.98. The number of rotatable bonds is 2. The summed E-state index contributed by atoms with van der Waals surface area (Å²) < 4.78 is 1.60. The van der Waals surface area contributed by atoms with Gasteiger partial charge in [0, 0.05) is 24.2 Å². The first kappa shape index (κ1) is 11.4. The van der Waals surface area contributed by atoms with Crippen LogP contribution in [0.4, 0.5) is 5.82 Å². The average molecular weight is 229 g/mol. The van der Waals surface area contributed by atoms with Gasteiger partial charge in [-0.2, -0.15) is 5.10 Å². The van der Waals surface area contributed by atoms with Crippen molar-refractivity contribution >= 4 is 12.1 Å². The summed E-state index contributed by atoms with van der Waals surface area (Å²) in [4.78, 5) is 11.1. The molecular formula is C13H15N3O. The molecule has 0 bridgehead atoms. The number of carbonyl (C=O) groups excluding carboxylic acids is 1. The number of aldehydes is 1. The highest BCUT2D eigenvalue weighted by Gasteiger charge is 2.11. The third-order valence-corrected chi connectivity index (χ3v) is 2.98. The molecule has 4 heteroatoms. The van der Waals surface area contributed by atoms with E-state index < -0.39 is 0 Å². The summed E-state index contributed by atoms with van der Waals surface area (Å²) in [6, 6.07) is 5.63. The summed E-state index contributed by atoms with van der Waals surface area (Å²) in [6.45, 7) is 4.00. The Morgan fingerprint density at radius 1 is 1.24 bits per heavy atom. The van der Waals surface area contributed by atoms with E-state index in [1.54, 1.807) is 17.8 Å². The zero-order chi connectivity index (χ0) is 12.6. The molecule has 0 spiro atoms. The molecule has 88 valence electrons. The zero-order valence-corrected chi connectivity index (χ0v) is 10.2. The van der Waals surface area contributed by atoms with Crippen LogP contribution >= 0.6 is 0 Å². The van der Waals surface area contributed by atoms with E-state index >= 15 is 0 Å². The topological polar surface area (TPSA) is 60.9 Å². The molecule has 0 radical (unpaired) electrons.